The van der Waals surface area contributed by atoms with Gasteiger partial charge in [-0.3, -0.25) is 14.6 Å². The van der Waals surface area contributed by atoms with Crippen LogP contribution in [0.4, 0.5) is 0 Å². The second kappa shape index (κ2) is 12.0. The van der Waals surface area contributed by atoms with Crippen molar-refractivity contribution in [3.63, 3.8) is 0 Å². The molecule has 27 heavy (non-hydrogen) atoms. The van der Waals surface area contributed by atoms with E-state index in [9.17, 15) is 9.59 Å². The van der Waals surface area contributed by atoms with Gasteiger partial charge in [-0.05, 0) is 48.6 Å². The van der Waals surface area contributed by atoms with Crippen LogP contribution in [0, 0.1) is 0 Å². The molecule has 0 saturated heterocycles. The molecule has 0 spiro atoms. The molecule has 0 aliphatic heterocycles. The molecule has 1 aromatic carbocycles. The quantitative estimate of drug-likeness (QED) is 0.617. The van der Waals surface area contributed by atoms with Crippen molar-refractivity contribution in [2.75, 3.05) is 25.2 Å². The van der Waals surface area contributed by atoms with E-state index in [1.165, 1.54) is 0 Å². The van der Waals surface area contributed by atoms with E-state index in [4.69, 9.17) is 4.74 Å². The summed E-state index contributed by atoms with van der Waals surface area (Å²) < 4.78 is 5.44. The van der Waals surface area contributed by atoms with Gasteiger partial charge in [0.15, 0.2) is 6.61 Å². The third-order valence-corrected chi connectivity index (χ3v) is 4.46. The number of carbonyl (C=O) groups excluding carboxylic acids is 2. The zero-order chi connectivity index (χ0) is 19.3. The maximum atomic E-state index is 12.5. The molecule has 6 nitrogen and oxygen atoms in total. The highest BCUT2D eigenvalue weighted by molar-refractivity contribution is 7.98. The molecule has 2 aromatic rings. The highest BCUT2D eigenvalue weighted by Crippen LogP contribution is 2.08. The van der Waals surface area contributed by atoms with Crippen LogP contribution in [0.15, 0.2) is 54.9 Å². The summed E-state index contributed by atoms with van der Waals surface area (Å²) in [6, 6.07) is 12.4. The van der Waals surface area contributed by atoms with E-state index in [0.717, 1.165) is 11.3 Å². The van der Waals surface area contributed by atoms with Gasteiger partial charge in [0.2, 0.25) is 5.91 Å². The molecule has 2 rings (SSSR count). The highest BCUT2D eigenvalue weighted by atomic mass is 32.2. The first-order valence-electron chi connectivity index (χ1n) is 8.82. The number of hydrogen-bond acceptors (Lipinski definition) is 5. The molecule has 0 bridgehead atoms. The van der Waals surface area contributed by atoms with E-state index < -0.39 is 6.04 Å². The van der Waals surface area contributed by atoms with E-state index in [0.29, 0.717) is 25.1 Å². The fourth-order valence-electron chi connectivity index (χ4n) is 2.41. The van der Waals surface area contributed by atoms with Gasteiger partial charge in [-0.2, -0.15) is 11.8 Å². The lowest BCUT2D eigenvalue weighted by Gasteiger charge is -2.18. The summed E-state index contributed by atoms with van der Waals surface area (Å²) in [5.74, 6) is 0.906. The first-order valence-corrected chi connectivity index (χ1v) is 10.2. The summed E-state index contributed by atoms with van der Waals surface area (Å²) in [6.07, 6.45) is 6.72. The van der Waals surface area contributed by atoms with Crippen LogP contribution in [-0.2, 0) is 16.0 Å². The molecule has 2 amide bonds. The van der Waals surface area contributed by atoms with E-state index >= 15 is 0 Å². The van der Waals surface area contributed by atoms with Gasteiger partial charge < -0.3 is 15.4 Å². The number of hydrogen-bond donors (Lipinski definition) is 2. The van der Waals surface area contributed by atoms with E-state index in [1.54, 1.807) is 36.3 Å². The first kappa shape index (κ1) is 20.8. The number of nitrogens with zero attached hydrogens (tertiary/aromatic N) is 1. The Bertz CT molecular complexity index is 698. The summed E-state index contributed by atoms with van der Waals surface area (Å²) in [4.78, 5) is 28.7. The molecule has 0 aliphatic rings. The van der Waals surface area contributed by atoms with E-state index in [2.05, 4.69) is 15.6 Å². The minimum atomic E-state index is -0.571. The van der Waals surface area contributed by atoms with E-state index in [-0.39, 0.29) is 18.4 Å². The van der Waals surface area contributed by atoms with Crippen LogP contribution in [0.2, 0.25) is 0 Å². The lowest BCUT2D eigenvalue weighted by Crippen LogP contribution is -2.48. The van der Waals surface area contributed by atoms with Crippen LogP contribution in [0.1, 0.15) is 12.0 Å². The van der Waals surface area contributed by atoms with Crippen LogP contribution in [0.25, 0.3) is 0 Å². The Morgan fingerprint density at radius 2 is 2.00 bits per heavy atom. The van der Waals surface area contributed by atoms with Gasteiger partial charge in [0, 0.05) is 18.9 Å². The molecule has 0 aliphatic carbocycles. The minimum absolute atomic E-state index is 0.122. The second-order valence-electron chi connectivity index (χ2n) is 5.91. The number of amides is 2. The molecule has 1 heterocycles. The molecule has 1 atom stereocenters. The van der Waals surface area contributed by atoms with Gasteiger partial charge >= 0.3 is 0 Å². The Kier molecular flexibility index (Phi) is 9.20. The monoisotopic (exact) mass is 387 g/mol. The van der Waals surface area contributed by atoms with E-state index in [1.807, 2.05) is 36.6 Å². The molecule has 0 saturated carbocycles. The lowest BCUT2D eigenvalue weighted by atomic mass is 10.2. The normalized spacial score (nSPS) is 11.4. The zero-order valence-electron chi connectivity index (χ0n) is 15.4. The molecular weight excluding hydrogens is 362 g/mol. The molecule has 2 N–H and O–H groups in total. The largest absolute Gasteiger partial charge is 0.484 e. The van der Waals surface area contributed by atoms with Gasteiger partial charge in [-0.25, -0.2) is 0 Å². The Balaban J connectivity index is 1.79. The Morgan fingerprint density at radius 1 is 1.19 bits per heavy atom. The summed E-state index contributed by atoms with van der Waals surface area (Å²) in [5, 5.41) is 5.66. The number of nitrogens with one attached hydrogen (secondary N) is 2. The van der Waals surface area contributed by atoms with Crippen LogP contribution < -0.4 is 15.4 Å². The number of thioether (sulfide) groups is 1. The number of para-hydroxylation sites is 1. The van der Waals surface area contributed by atoms with Crippen molar-refractivity contribution in [2.45, 2.75) is 18.9 Å². The van der Waals surface area contributed by atoms with Crippen molar-refractivity contribution < 1.29 is 14.3 Å². The van der Waals surface area contributed by atoms with Crippen LogP contribution in [0.5, 0.6) is 5.75 Å². The zero-order valence-corrected chi connectivity index (χ0v) is 16.2. The van der Waals surface area contributed by atoms with Crippen LogP contribution in [-0.4, -0.2) is 48.0 Å². The molecule has 144 valence electrons. The molecule has 7 heteroatoms. The Morgan fingerprint density at radius 3 is 2.70 bits per heavy atom. The maximum Gasteiger partial charge on any atom is 0.258 e. The Hall–Kier alpha value is -2.54. The highest BCUT2D eigenvalue weighted by Gasteiger charge is 2.20. The van der Waals surface area contributed by atoms with Gasteiger partial charge in [0.05, 0.1) is 0 Å². The summed E-state index contributed by atoms with van der Waals surface area (Å²) in [5.41, 5.74) is 1.05. The average Bonchev–Trinajstić information content (AvgIpc) is 2.71. The topological polar surface area (TPSA) is 80.3 Å². The summed E-state index contributed by atoms with van der Waals surface area (Å²) in [7, 11) is 0. The fourth-order valence-corrected chi connectivity index (χ4v) is 2.88. The van der Waals surface area contributed by atoms with Crippen molar-refractivity contribution >= 4 is 23.6 Å². The first-order chi connectivity index (χ1) is 13.2. The second-order valence-corrected chi connectivity index (χ2v) is 6.89. The number of ether oxygens (including phenoxy) is 1. The third-order valence-electron chi connectivity index (χ3n) is 3.81. The third kappa shape index (κ3) is 8.13. The number of pyridine rings is 1. The van der Waals surface area contributed by atoms with Gasteiger partial charge in [0.1, 0.15) is 11.8 Å². The Labute approximate surface area is 164 Å². The standard InChI is InChI=1S/C20H25N3O3S/c1-27-13-10-18(20(25)22-12-9-16-6-5-11-21-14-16)23-19(24)15-26-17-7-3-2-4-8-17/h2-8,11,14,18H,9-10,12-13,15H2,1H3,(H,22,25)(H,23,24). The van der Waals surface area contributed by atoms with Crippen LogP contribution >= 0.6 is 11.8 Å². The fraction of sp³-hybridized carbons (Fsp3) is 0.350. The number of carbonyl (C=O) groups is 2. The number of benzene rings is 1. The van der Waals surface area contributed by atoms with Crippen molar-refractivity contribution in [2.24, 2.45) is 0 Å². The predicted octanol–water partition coefficient (Wildman–Crippen LogP) is 2.06. The summed E-state index contributed by atoms with van der Waals surface area (Å²) in [6.45, 7) is 0.374. The molecular formula is C20H25N3O3S. The SMILES string of the molecule is CSCCC(NC(=O)COc1ccccc1)C(=O)NCCc1cccnc1. The number of rotatable bonds is 11. The summed E-state index contributed by atoms with van der Waals surface area (Å²) >= 11 is 1.63. The molecule has 1 aromatic heterocycles. The number of aromatic nitrogens is 1. The lowest BCUT2D eigenvalue weighted by molar-refractivity contribution is -0.130. The van der Waals surface area contributed by atoms with Crippen LogP contribution in [0.3, 0.4) is 0 Å². The minimum Gasteiger partial charge on any atom is -0.484 e. The average molecular weight is 388 g/mol. The van der Waals surface area contributed by atoms with Crippen molar-refractivity contribution in [3.8, 4) is 5.75 Å². The maximum absolute atomic E-state index is 12.5. The predicted molar refractivity (Wildman–Crippen MR) is 108 cm³/mol. The van der Waals surface area contributed by atoms with Crippen molar-refractivity contribution in [1.82, 2.24) is 15.6 Å². The van der Waals surface area contributed by atoms with Gasteiger partial charge in [0.25, 0.3) is 5.91 Å². The van der Waals surface area contributed by atoms with Gasteiger partial charge in [-0.1, -0.05) is 24.3 Å². The molecule has 0 radical (unpaired) electrons. The smallest absolute Gasteiger partial charge is 0.258 e. The molecule has 0 fully saturated rings. The van der Waals surface area contributed by atoms with Crippen molar-refractivity contribution in [3.05, 3.63) is 60.4 Å². The molecule has 1 unspecified atom stereocenters. The van der Waals surface area contributed by atoms with Crippen molar-refractivity contribution in [1.29, 1.82) is 0 Å². The van der Waals surface area contributed by atoms with Gasteiger partial charge in [-0.15, -0.1) is 0 Å².